The lowest BCUT2D eigenvalue weighted by atomic mass is 9.87. The summed E-state index contributed by atoms with van der Waals surface area (Å²) < 4.78 is 39.3. The van der Waals surface area contributed by atoms with E-state index >= 15 is 0 Å². The Morgan fingerprint density at radius 2 is 0.833 bits per heavy atom. The smallest absolute Gasteiger partial charge is 0.372 e. The van der Waals surface area contributed by atoms with Crippen LogP contribution in [0.4, 0.5) is 4.79 Å². The number of urea groups is 1. The molecular formula is C25H52N2O7Si2. The third-order valence-corrected chi connectivity index (χ3v) is 15.3. The molecule has 2 N–H and O–H groups in total. The molecule has 2 fully saturated rings. The van der Waals surface area contributed by atoms with Gasteiger partial charge in [0.2, 0.25) is 0 Å². The zero-order chi connectivity index (χ0) is 26.7. The quantitative estimate of drug-likeness (QED) is 0.272. The van der Waals surface area contributed by atoms with Crippen LogP contribution in [0.5, 0.6) is 0 Å². The number of carbonyl (C=O) groups is 1. The van der Waals surface area contributed by atoms with Crippen molar-refractivity contribution in [3.63, 3.8) is 0 Å². The Morgan fingerprint density at radius 3 is 1.03 bits per heavy atom. The zero-order valence-electron chi connectivity index (χ0n) is 23.7. The third-order valence-electron chi connectivity index (χ3n) is 7.58. The molecule has 0 radical (unpaired) electrons. The molecule has 0 aliphatic heterocycles. The number of hydrogen-bond donors (Lipinski definition) is 1. The topological polar surface area (TPSA) is 102 Å². The first-order valence-corrected chi connectivity index (χ1v) is 17.7. The second-order valence-electron chi connectivity index (χ2n) is 9.57. The van der Waals surface area contributed by atoms with E-state index in [1.54, 1.807) is 0 Å². The number of hydrogen-bond acceptors (Lipinski definition) is 7. The minimum Gasteiger partial charge on any atom is -0.372 e. The summed E-state index contributed by atoms with van der Waals surface area (Å²) in [5.74, 6) is 0. The summed E-state index contributed by atoms with van der Waals surface area (Å²) in [5.41, 5.74) is 6.44. The standard InChI is InChI=1S/C25H52N2O7Si2/c1-7-29-35(30-8-2,31-9-3)24(19-15-13-16-20-24)27(23(26)28)25(21-17-14-18-22-25)36(32-10-4,33-11-5)34-12-6/h7-22H2,1-6H3,(H2,26,28). The average molecular weight is 549 g/mol. The van der Waals surface area contributed by atoms with Crippen molar-refractivity contribution >= 4 is 23.6 Å². The molecule has 0 aromatic carbocycles. The van der Waals surface area contributed by atoms with Crippen LogP contribution < -0.4 is 5.73 Å². The SMILES string of the molecule is CCO[Si](OCC)(OCC)C1(N(C(N)=O)C2([Si](OCC)(OCC)OCC)CCCCC2)CCCCC1. The summed E-state index contributed by atoms with van der Waals surface area (Å²) >= 11 is 0. The minimum absolute atomic E-state index is 0.429. The molecular weight excluding hydrogens is 496 g/mol. The van der Waals surface area contributed by atoms with Crippen LogP contribution in [0.1, 0.15) is 106 Å². The second kappa shape index (κ2) is 14.6. The van der Waals surface area contributed by atoms with Gasteiger partial charge < -0.3 is 37.2 Å². The van der Waals surface area contributed by atoms with Crippen LogP contribution in [0, 0.1) is 0 Å². The maximum absolute atomic E-state index is 13.9. The summed E-state index contributed by atoms with van der Waals surface area (Å²) in [5, 5.41) is -1.64. The highest BCUT2D eigenvalue weighted by Crippen LogP contribution is 2.52. The van der Waals surface area contributed by atoms with E-state index in [0.29, 0.717) is 65.3 Å². The number of nitrogens with two attached hydrogens (primary N) is 1. The number of rotatable bonds is 16. The van der Waals surface area contributed by atoms with Crippen LogP contribution in [-0.4, -0.2) is 78.5 Å². The van der Waals surface area contributed by atoms with Crippen LogP contribution in [0.25, 0.3) is 0 Å². The Morgan fingerprint density at radius 1 is 0.583 bits per heavy atom. The highest BCUT2D eigenvalue weighted by atomic mass is 28.4. The Bertz CT molecular complexity index is 576. The first kappa shape index (κ1) is 31.7. The Balaban J connectivity index is 2.92. The van der Waals surface area contributed by atoms with E-state index in [1.165, 1.54) is 0 Å². The van der Waals surface area contributed by atoms with Crippen molar-refractivity contribution in [1.29, 1.82) is 0 Å². The van der Waals surface area contributed by atoms with Crippen molar-refractivity contribution in [3.05, 3.63) is 0 Å². The Labute approximate surface area is 221 Å². The van der Waals surface area contributed by atoms with E-state index in [9.17, 15) is 4.79 Å². The van der Waals surface area contributed by atoms with Gasteiger partial charge in [-0.15, -0.1) is 0 Å². The van der Waals surface area contributed by atoms with Gasteiger partial charge in [-0.05, 0) is 67.2 Å². The molecule has 0 bridgehead atoms. The predicted octanol–water partition coefficient (Wildman–Crippen LogP) is 4.95. The summed E-state index contributed by atoms with van der Waals surface area (Å²) in [6.07, 6.45) is 8.75. The van der Waals surface area contributed by atoms with Crippen LogP contribution >= 0.6 is 0 Å². The first-order valence-electron chi connectivity index (χ1n) is 14.3. The molecule has 0 spiro atoms. The zero-order valence-corrected chi connectivity index (χ0v) is 25.7. The molecule has 9 nitrogen and oxygen atoms in total. The lowest BCUT2D eigenvalue weighted by molar-refractivity contribution is -0.0641. The average Bonchev–Trinajstić information content (AvgIpc) is 2.86. The van der Waals surface area contributed by atoms with E-state index in [4.69, 9.17) is 32.3 Å². The van der Waals surface area contributed by atoms with E-state index in [0.717, 1.165) is 38.5 Å². The number of carbonyl (C=O) groups excluding carboxylic acids is 1. The van der Waals surface area contributed by atoms with Gasteiger partial charge in [0.05, 0.1) is 0 Å². The van der Waals surface area contributed by atoms with Crippen LogP contribution in [0.2, 0.25) is 0 Å². The van der Waals surface area contributed by atoms with Gasteiger partial charge in [0.25, 0.3) is 0 Å². The van der Waals surface area contributed by atoms with Gasteiger partial charge >= 0.3 is 23.6 Å². The van der Waals surface area contributed by atoms with E-state index < -0.39 is 34.0 Å². The number of primary amides is 1. The highest BCUT2D eigenvalue weighted by Gasteiger charge is 2.74. The second-order valence-corrected chi connectivity index (χ2v) is 15.4. The van der Waals surface area contributed by atoms with E-state index in [1.807, 2.05) is 46.4 Å². The molecule has 0 atom stereocenters. The monoisotopic (exact) mass is 548 g/mol. The first-order chi connectivity index (χ1) is 17.3. The molecule has 0 aromatic heterocycles. The number of amides is 2. The Kier molecular flexibility index (Phi) is 12.8. The van der Waals surface area contributed by atoms with Gasteiger partial charge in [-0.25, -0.2) is 4.79 Å². The predicted molar refractivity (Wildman–Crippen MR) is 144 cm³/mol. The summed E-state index contributed by atoms with van der Waals surface area (Å²) in [6.45, 7) is 14.3. The molecule has 0 unspecified atom stereocenters. The largest absolute Gasteiger partial charge is 0.528 e. The summed E-state index contributed by atoms with van der Waals surface area (Å²) in [6, 6.07) is -0.495. The third kappa shape index (κ3) is 5.88. The van der Waals surface area contributed by atoms with Gasteiger partial charge in [0.1, 0.15) is 10.3 Å². The molecule has 2 aliphatic carbocycles. The molecule has 212 valence electrons. The highest BCUT2D eigenvalue weighted by molar-refractivity contribution is 6.67. The van der Waals surface area contributed by atoms with E-state index in [-0.39, 0.29) is 0 Å². The van der Waals surface area contributed by atoms with Gasteiger partial charge in [-0.2, -0.15) is 0 Å². The summed E-state index contributed by atoms with van der Waals surface area (Å²) in [4.78, 5) is 15.8. The van der Waals surface area contributed by atoms with Gasteiger partial charge in [-0.3, -0.25) is 0 Å². The van der Waals surface area contributed by atoms with Crippen molar-refractivity contribution < 1.29 is 31.4 Å². The molecule has 0 heterocycles. The fraction of sp³-hybridized carbons (Fsp3) is 0.960. The maximum atomic E-state index is 13.9. The molecule has 2 aliphatic rings. The molecule has 2 rings (SSSR count). The van der Waals surface area contributed by atoms with Gasteiger partial charge in [-0.1, -0.05) is 38.5 Å². The van der Waals surface area contributed by atoms with Crippen molar-refractivity contribution in [3.8, 4) is 0 Å². The van der Waals surface area contributed by atoms with Crippen molar-refractivity contribution in [2.45, 2.75) is 116 Å². The fourth-order valence-electron chi connectivity index (χ4n) is 6.63. The molecule has 11 heteroatoms. The summed E-state index contributed by atoms with van der Waals surface area (Å²) in [7, 11) is -6.94. The van der Waals surface area contributed by atoms with Gasteiger partial charge in [0, 0.05) is 39.6 Å². The molecule has 2 saturated carbocycles. The van der Waals surface area contributed by atoms with Crippen LogP contribution in [-0.2, 0) is 26.6 Å². The minimum atomic E-state index is -3.47. The van der Waals surface area contributed by atoms with E-state index in [2.05, 4.69) is 0 Å². The van der Waals surface area contributed by atoms with Gasteiger partial charge in [0.15, 0.2) is 0 Å². The lowest BCUT2D eigenvalue weighted by Crippen LogP contribution is -2.84. The van der Waals surface area contributed by atoms with Crippen molar-refractivity contribution in [1.82, 2.24) is 4.90 Å². The fourth-order valence-corrected chi connectivity index (χ4v) is 14.3. The molecule has 36 heavy (non-hydrogen) atoms. The van der Waals surface area contributed by atoms with Crippen LogP contribution in [0.15, 0.2) is 0 Å². The normalized spacial score (nSPS) is 20.3. The molecule has 0 aromatic rings. The molecule has 2 amide bonds. The molecule has 0 saturated heterocycles. The van der Waals surface area contributed by atoms with Crippen molar-refractivity contribution in [2.24, 2.45) is 5.73 Å². The van der Waals surface area contributed by atoms with Crippen molar-refractivity contribution in [2.75, 3.05) is 39.6 Å². The number of nitrogens with zero attached hydrogens (tertiary/aromatic N) is 1. The van der Waals surface area contributed by atoms with Crippen LogP contribution in [0.3, 0.4) is 0 Å². The lowest BCUT2D eigenvalue weighted by Gasteiger charge is -2.61. The Hall–Kier alpha value is -0.536. The maximum Gasteiger partial charge on any atom is 0.528 e.